The fourth-order valence-electron chi connectivity index (χ4n) is 3.33. The van der Waals surface area contributed by atoms with Crippen molar-refractivity contribution in [2.75, 3.05) is 19.8 Å². The van der Waals surface area contributed by atoms with E-state index in [0.29, 0.717) is 37.7 Å². The molecule has 1 fully saturated rings. The fourth-order valence-corrected chi connectivity index (χ4v) is 3.33. The van der Waals surface area contributed by atoms with Gasteiger partial charge in [0, 0.05) is 30.9 Å². The normalized spacial score (nSPS) is 23.4. The van der Waals surface area contributed by atoms with Crippen molar-refractivity contribution in [2.24, 2.45) is 16.3 Å². The largest absolute Gasteiger partial charge is 0.491 e. The number of amidine groups is 1. The second kappa shape index (κ2) is 6.92. The van der Waals surface area contributed by atoms with E-state index in [9.17, 15) is 4.79 Å². The Morgan fingerprint density at radius 2 is 2.12 bits per heavy atom. The van der Waals surface area contributed by atoms with E-state index in [4.69, 9.17) is 20.4 Å². The van der Waals surface area contributed by atoms with Crippen molar-refractivity contribution in [1.82, 2.24) is 4.90 Å². The summed E-state index contributed by atoms with van der Waals surface area (Å²) in [5, 5.41) is 11.9. The molecular formula is C18H25N3O4. The number of nitrogens with zero attached hydrogens (tertiary/aromatic N) is 2. The molecule has 1 amide bonds. The van der Waals surface area contributed by atoms with Crippen LogP contribution in [0.15, 0.2) is 23.4 Å². The average molecular weight is 347 g/mol. The van der Waals surface area contributed by atoms with Crippen LogP contribution in [-0.2, 0) is 16.1 Å². The lowest BCUT2D eigenvalue weighted by Gasteiger charge is -2.38. The van der Waals surface area contributed by atoms with Gasteiger partial charge in [0.15, 0.2) is 5.84 Å². The molecule has 1 aromatic rings. The Hall–Kier alpha value is -2.28. The second-order valence-corrected chi connectivity index (χ2v) is 7.07. The van der Waals surface area contributed by atoms with Gasteiger partial charge < -0.3 is 25.3 Å². The average Bonchev–Trinajstić information content (AvgIpc) is 2.79. The summed E-state index contributed by atoms with van der Waals surface area (Å²) >= 11 is 0. The van der Waals surface area contributed by atoms with Crippen molar-refractivity contribution in [1.29, 1.82) is 0 Å². The van der Waals surface area contributed by atoms with Crippen molar-refractivity contribution < 1.29 is 19.5 Å². The van der Waals surface area contributed by atoms with Crippen LogP contribution in [0.25, 0.3) is 0 Å². The van der Waals surface area contributed by atoms with E-state index >= 15 is 0 Å². The van der Waals surface area contributed by atoms with Crippen molar-refractivity contribution in [3.05, 3.63) is 29.3 Å². The maximum absolute atomic E-state index is 13.2. The van der Waals surface area contributed by atoms with Gasteiger partial charge in [0.1, 0.15) is 12.4 Å². The van der Waals surface area contributed by atoms with Gasteiger partial charge in [-0.15, -0.1) is 0 Å². The summed E-state index contributed by atoms with van der Waals surface area (Å²) in [6, 6.07) is 5.35. The third-order valence-electron chi connectivity index (χ3n) is 5.20. The highest BCUT2D eigenvalue weighted by Gasteiger charge is 2.40. The first-order valence-corrected chi connectivity index (χ1v) is 8.57. The molecule has 7 nitrogen and oxygen atoms in total. The molecule has 0 aromatic heterocycles. The molecule has 0 spiro atoms. The van der Waals surface area contributed by atoms with E-state index in [0.717, 1.165) is 18.4 Å². The Balaban J connectivity index is 1.86. The molecule has 3 rings (SSSR count). The first-order valence-electron chi connectivity index (χ1n) is 8.57. The van der Waals surface area contributed by atoms with Crippen LogP contribution in [-0.4, -0.2) is 47.7 Å². The molecule has 7 heteroatoms. The predicted molar refractivity (Wildman–Crippen MR) is 92.6 cm³/mol. The van der Waals surface area contributed by atoms with Gasteiger partial charge in [0.05, 0.1) is 11.5 Å². The van der Waals surface area contributed by atoms with Crippen molar-refractivity contribution >= 4 is 11.7 Å². The summed E-state index contributed by atoms with van der Waals surface area (Å²) in [5.74, 6) is 0.856. The molecule has 0 unspecified atom stereocenters. The van der Waals surface area contributed by atoms with Gasteiger partial charge in [-0.3, -0.25) is 4.79 Å². The third kappa shape index (κ3) is 3.42. The number of oxime groups is 1. The summed E-state index contributed by atoms with van der Waals surface area (Å²) in [7, 11) is 0. The topological polar surface area (TPSA) is 97.4 Å². The Morgan fingerprint density at radius 1 is 1.40 bits per heavy atom. The van der Waals surface area contributed by atoms with E-state index in [1.807, 2.05) is 24.8 Å². The zero-order valence-electron chi connectivity index (χ0n) is 14.7. The van der Waals surface area contributed by atoms with E-state index in [1.54, 1.807) is 12.1 Å². The third-order valence-corrected chi connectivity index (χ3v) is 5.20. The number of carbonyl (C=O) groups excluding carboxylic acids is 1. The minimum absolute atomic E-state index is 0.0337. The molecule has 2 aliphatic heterocycles. The van der Waals surface area contributed by atoms with Crippen molar-refractivity contribution in [3.63, 3.8) is 0 Å². The molecular weight excluding hydrogens is 322 g/mol. The zero-order valence-corrected chi connectivity index (χ0v) is 14.7. The first-order chi connectivity index (χ1) is 11.9. The fraction of sp³-hybridized carbons (Fsp3) is 0.556. The molecule has 0 saturated carbocycles. The first kappa shape index (κ1) is 17.5. The standard InChI is InChI=1S/C18H25N3O4/c1-12-11-25-15-9-13(16(19)20-23)3-4-14(15)10-21(12)17(22)18(2)5-7-24-8-6-18/h3-4,9,12,23H,5-8,10-11H2,1-2H3,(H2,19,20)/t12-/m0/s1. The van der Waals surface area contributed by atoms with Gasteiger partial charge in [0.2, 0.25) is 5.91 Å². The van der Waals surface area contributed by atoms with Crippen molar-refractivity contribution in [3.8, 4) is 5.75 Å². The Kier molecular flexibility index (Phi) is 4.85. The Bertz CT molecular complexity index is 683. The van der Waals surface area contributed by atoms with Crippen LogP contribution < -0.4 is 10.5 Å². The number of ether oxygens (including phenoxy) is 2. The molecule has 0 radical (unpaired) electrons. The molecule has 1 aromatic carbocycles. The lowest BCUT2D eigenvalue weighted by molar-refractivity contribution is -0.149. The van der Waals surface area contributed by atoms with Gasteiger partial charge in [0.25, 0.3) is 0 Å². The highest BCUT2D eigenvalue weighted by molar-refractivity contribution is 5.97. The van der Waals surface area contributed by atoms with Crippen molar-refractivity contribution in [2.45, 2.75) is 39.3 Å². The van der Waals surface area contributed by atoms with Crippen LogP contribution in [0.4, 0.5) is 0 Å². The number of fused-ring (bicyclic) bond motifs is 1. The summed E-state index contributed by atoms with van der Waals surface area (Å²) in [4.78, 5) is 15.1. The summed E-state index contributed by atoms with van der Waals surface area (Å²) in [6.45, 7) is 6.17. The summed E-state index contributed by atoms with van der Waals surface area (Å²) < 4.78 is 11.3. The van der Waals surface area contributed by atoms with Gasteiger partial charge in [-0.05, 0) is 25.8 Å². The summed E-state index contributed by atoms with van der Waals surface area (Å²) in [5.41, 5.74) is 6.78. The highest BCUT2D eigenvalue weighted by atomic mass is 16.5. The van der Waals surface area contributed by atoms with Crippen LogP contribution in [0.3, 0.4) is 0 Å². The smallest absolute Gasteiger partial charge is 0.229 e. The van der Waals surface area contributed by atoms with Gasteiger partial charge in [-0.1, -0.05) is 24.2 Å². The monoisotopic (exact) mass is 347 g/mol. The van der Waals surface area contributed by atoms with Gasteiger partial charge >= 0.3 is 0 Å². The van der Waals surface area contributed by atoms with Crippen LogP contribution >= 0.6 is 0 Å². The predicted octanol–water partition coefficient (Wildman–Crippen LogP) is 1.71. The number of carbonyl (C=O) groups is 1. The minimum atomic E-state index is -0.384. The number of nitrogens with two attached hydrogens (primary N) is 1. The molecule has 2 aliphatic rings. The maximum Gasteiger partial charge on any atom is 0.229 e. The van der Waals surface area contributed by atoms with Crippen LogP contribution in [0, 0.1) is 5.41 Å². The van der Waals surface area contributed by atoms with Gasteiger partial charge in [-0.25, -0.2) is 0 Å². The lowest BCUT2D eigenvalue weighted by Crippen LogP contribution is -2.49. The molecule has 0 bridgehead atoms. The molecule has 0 aliphatic carbocycles. The molecule has 3 N–H and O–H groups in total. The van der Waals surface area contributed by atoms with Crippen LogP contribution in [0.5, 0.6) is 5.75 Å². The maximum atomic E-state index is 13.2. The Morgan fingerprint density at radius 3 is 2.80 bits per heavy atom. The number of rotatable bonds is 2. The minimum Gasteiger partial charge on any atom is -0.491 e. The quantitative estimate of drug-likeness (QED) is 0.367. The molecule has 25 heavy (non-hydrogen) atoms. The number of benzene rings is 1. The Labute approximate surface area is 147 Å². The molecule has 1 saturated heterocycles. The molecule has 1 atom stereocenters. The highest BCUT2D eigenvalue weighted by Crippen LogP contribution is 2.35. The molecule has 2 heterocycles. The van der Waals surface area contributed by atoms with Gasteiger partial charge in [-0.2, -0.15) is 0 Å². The van der Waals surface area contributed by atoms with E-state index in [2.05, 4.69) is 5.16 Å². The number of hydrogen-bond donors (Lipinski definition) is 2. The zero-order chi connectivity index (χ0) is 18.0. The van der Waals surface area contributed by atoms with Crippen LogP contribution in [0.1, 0.15) is 37.8 Å². The number of amides is 1. The van der Waals surface area contributed by atoms with E-state index in [-0.39, 0.29) is 23.2 Å². The lowest BCUT2D eigenvalue weighted by atomic mass is 9.80. The number of hydrogen-bond acceptors (Lipinski definition) is 5. The van der Waals surface area contributed by atoms with E-state index in [1.165, 1.54) is 0 Å². The van der Waals surface area contributed by atoms with Crippen LogP contribution in [0.2, 0.25) is 0 Å². The van der Waals surface area contributed by atoms with E-state index < -0.39 is 0 Å². The SMILES string of the molecule is C[C@H]1COc2cc(/C(N)=N/O)ccc2CN1C(=O)C1(C)CCOCC1. The second-order valence-electron chi connectivity index (χ2n) is 7.07. The summed E-state index contributed by atoms with van der Waals surface area (Å²) in [6.07, 6.45) is 1.48. The molecule has 136 valence electrons.